The third-order valence-corrected chi connectivity index (χ3v) is 4.60. The topological polar surface area (TPSA) is 84.2 Å². The highest BCUT2D eigenvalue weighted by atomic mass is 35.5. The molecule has 1 aliphatic carbocycles. The summed E-state index contributed by atoms with van der Waals surface area (Å²) in [4.78, 5) is 24.0. The summed E-state index contributed by atoms with van der Waals surface area (Å²) in [5.41, 5.74) is 7.70. The number of carbonyl (C=O) groups excluding carboxylic acids is 2. The van der Waals surface area contributed by atoms with Crippen molar-refractivity contribution in [2.75, 3.05) is 6.54 Å². The SMILES string of the molecule is CC(=O)NC(CC(=O)NC1(CN)CCCC1)c1ccc(C)cc1.Cl. The van der Waals surface area contributed by atoms with Gasteiger partial charge < -0.3 is 16.4 Å². The molecule has 0 heterocycles. The quantitative estimate of drug-likeness (QED) is 0.734. The Hall–Kier alpha value is -1.59. The number of amides is 2. The first-order chi connectivity index (χ1) is 10.9. The lowest BCUT2D eigenvalue weighted by Crippen LogP contribution is -2.52. The van der Waals surface area contributed by atoms with Crippen LogP contribution in [0, 0.1) is 6.92 Å². The van der Waals surface area contributed by atoms with Gasteiger partial charge in [-0.15, -0.1) is 12.4 Å². The zero-order valence-electron chi connectivity index (χ0n) is 14.4. The van der Waals surface area contributed by atoms with Gasteiger partial charge in [0.1, 0.15) is 0 Å². The van der Waals surface area contributed by atoms with E-state index >= 15 is 0 Å². The fourth-order valence-corrected chi connectivity index (χ4v) is 3.26. The van der Waals surface area contributed by atoms with Crippen LogP contribution >= 0.6 is 12.4 Å². The predicted molar refractivity (Wildman–Crippen MR) is 98.0 cm³/mol. The normalized spacial score (nSPS) is 16.8. The lowest BCUT2D eigenvalue weighted by Gasteiger charge is -2.30. The Morgan fingerprint density at radius 2 is 1.79 bits per heavy atom. The van der Waals surface area contributed by atoms with Crippen molar-refractivity contribution in [3.05, 3.63) is 35.4 Å². The highest BCUT2D eigenvalue weighted by Crippen LogP contribution is 2.29. The summed E-state index contributed by atoms with van der Waals surface area (Å²) in [6, 6.07) is 7.57. The Kier molecular flexibility index (Phi) is 7.70. The fraction of sp³-hybridized carbons (Fsp3) is 0.556. The van der Waals surface area contributed by atoms with Crippen molar-refractivity contribution in [3.63, 3.8) is 0 Å². The molecule has 1 aromatic carbocycles. The summed E-state index contributed by atoms with van der Waals surface area (Å²) in [6.45, 7) is 3.94. The van der Waals surface area contributed by atoms with E-state index in [-0.39, 0.29) is 42.2 Å². The molecule has 0 radical (unpaired) electrons. The van der Waals surface area contributed by atoms with E-state index in [1.54, 1.807) is 0 Å². The highest BCUT2D eigenvalue weighted by Gasteiger charge is 2.34. The van der Waals surface area contributed by atoms with Crippen LogP contribution in [0.3, 0.4) is 0 Å². The summed E-state index contributed by atoms with van der Waals surface area (Å²) in [6.07, 6.45) is 4.30. The number of hydrogen-bond acceptors (Lipinski definition) is 3. The second kappa shape index (κ2) is 9.04. The maximum absolute atomic E-state index is 12.5. The maximum Gasteiger partial charge on any atom is 0.222 e. The molecule has 0 bridgehead atoms. The van der Waals surface area contributed by atoms with Gasteiger partial charge in [-0.25, -0.2) is 0 Å². The first-order valence-corrected chi connectivity index (χ1v) is 8.29. The number of carbonyl (C=O) groups is 2. The number of benzene rings is 1. The molecule has 1 aliphatic rings. The van der Waals surface area contributed by atoms with Crippen LogP contribution in [0.5, 0.6) is 0 Å². The number of nitrogens with two attached hydrogens (primary N) is 1. The van der Waals surface area contributed by atoms with Crippen molar-refractivity contribution >= 4 is 24.2 Å². The second-order valence-corrected chi connectivity index (χ2v) is 6.61. The van der Waals surface area contributed by atoms with E-state index in [1.165, 1.54) is 6.92 Å². The smallest absolute Gasteiger partial charge is 0.222 e. The van der Waals surface area contributed by atoms with Gasteiger partial charge in [0.2, 0.25) is 11.8 Å². The first kappa shape index (κ1) is 20.5. The van der Waals surface area contributed by atoms with Crippen LogP contribution in [-0.2, 0) is 9.59 Å². The molecule has 4 N–H and O–H groups in total. The second-order valence-electron chi connectivity index (χ2n) is 6.61. The van der Waals surface area contributed by atoms with Crippen LogP contribution in [0.2, 0.25) is 0 Å². The standard InChI is InChI=1S/C18H27N3O2.ClH/c1-13-5-7-15(8-6-13)16(20-14(2)22)11-17(23)21-18(12-19)9-3-4-10-18;/h5-8,16H,3-4,9-12,19H2,1-2H3,(H,20,22)(H,21,23);1H. The van der Waals surface area contributed by atoms with Gasteiger partial charge in [-0.05, 0) is 25.3 Å². The molecule has 2 amide bonds. The van der Waals surface area contributed by atoms with Gasteiger partial charge in [-0.1, -0.05) is 42.7 Å². The van der Waals surface area contributed by atoms with E-state index < -0.39 is 0 Å². The van der Waals surface area contributed by atoms with Gasteiger partial charge >= 0.3 is 0 Å². The van der Waals surface area contributed by atoms with Crippen LogP contribution in [0.15, 0.2) is 24.3 Å². The van der Waals surface area contributed by atoms with Crippen LogP contribution in [0.25, 0.3) is 0 Å². The molecule has 0 spiro atoms. The molecule has 1 saturated carbocycles. The van der Waals surface area contributed by atoms with Crippen LogP contribution in [0.1, 0.15) is 56.2 Å². The number of nitrogens with one attached hydrogen (secondary N) is 2. The van der Waals surface area contributed by atoms with E-state index in [2.05, 4.69) is 10.6 Å². The van der Waals surface area contributed by atoms with Crippen LogP contribution in [0.4, 0.5) is 0 Å². The predicted octanol–water partition coefficient (Wildman–Crippen LogP) is 2.37. The monoisotopic (exact) mass is 353 g/mol. The Morgan fingerprint density at radius 3 is 2.29 bits per heavy atom. The van der Waals surface area contributed by atoms with Gasteiger partial charge in [-0.3, -0.25) is 9.59 Å². The minimum atomic E-state index is -0.315. The number of aryl methyl sites for hydroxylation is 1. The van der Waals surface area contributed by atoms with Gasteiger partial charge in [0, 0.05) is 13.5 Å². The van der Waals surface area contributed by atoms with Gasteiger partial charge in [0.05, 0.1) is 18.0 Å². The largest absolute Gasteiger partial charge is 0.349 e. The van der Waals surface area contributed by atoms with Crippen molar-refractivity contribution in [2.45, 2.75) is 57.5 Å². The minimum Gasteiger partial charge on any atom is -0.349 e. The Balaban J connectivity index is 0.00000288. The molecule has 6 heteroatoms. The Bertz CT molecular complexity index is 554. The Morgan fingerprint density at radius 1 is 1.21 bits per heavy atom. The van der Waals surface area contributed by atoms with E-state index in [4.69, 9.17) is 5.73 Å². The summed E-state index contributed by atoms with van der Waals surface area (Å²) in [5.74, 6) is -0.200. The average Bonchev–Trinajstić information content (AvgIpc) is 2.96. The van der Waals surface area contributed by atoms with Gasteiger partial charge in [-0.2, -0.15) is 0 Å². The first-order valence-electron chi connectivity index (χ1n) is 8.29. The maximum atomic E-state index is 12.5. The Labute approximate surface area is 150 Å². The van der Waals surface area contributed by atoms with Crippen molar-refractivity contribution in [1.29, 1.82) is 0 Å². The third-order valence-electron chi connectivity index (χ3n) is 4.60. The van der Waals surface area contributed by atoms with Crippen LogP contribution in [-0.4, -0.2) is 23.9 Å². The van der Waals surface area contributed by atoms with E-state index in [9.17, 15) is 9.59 Å². The summed E-state index contributed by atoms with van der Waals surface area (Å²) in [5, 5.41) is 5.98. The summed E-state index contributed by atoms with van der Waals surface area (Å²) in [7, 11) is 0. The fourth-order valence-electron chi connectivity index (χ4n) is 3.26. The number of hydrogen-bond donors (Lipinski definition) is 3. The zero-order chi connectivity index (χ0) is 16.9. The average molecular weight is 354 g/mol. The lowest BCUT2D eigenvalue weighted by atomic mass is 9.96. The number of halogens is 1. The van der Waals surface area contributed by atoms with Gasteiger partial charge in [0.15, 0.2) is 0 Å². The van der Waals surface area contributed by atoms with E-state index in [0.29, 0.717) is 6.54 Å². The molecule has 134 valence electrons. The zero-order valence-corrected chi connectivity index (χ0v) is 15.2. The molecule has 2 rings (SSSR count). The van der Waals surface area contributed by atoms with Crippen molar-refractivity contribution < 1.29 is 9.59 Å². The molecule has 1 fully saturated rings. The summed E-state index contributed by atoms with van der Waals surface area (Å²) >= 11 is 0. The molecule has 0 saturated heterocycles. The van der Waals surface area contributed by atoms with E-state index in [1.807, 2.05) is 31.2 Å². The minimum absolute atomic E-state index is 0. The molecule has 1 aromatic rings. The lowest BCUT2D eigenvalue weighted by molar-refractivity contribution is -0.124. The molecular weight excluding hydrogens is 326 g/mol. The third kappa shape index (κ3) is 5.49. The highest BCUT2D eigenvalue weighted by molar-refractivity contribution is 5.85. The van der Waals surface area contributed by atoms with Crippen molar-refractivity contribution in [3.8, 4) is 0 Å². The van der Waals surface area contributed by atoms with Crippen molar-refractivity contribution in [2.24, 2.45) is 5.73 Å². The molecule has 1 atom stereocenters. The van der Waals surface area contributed by atoms with Crippen LogP contribution < -0.4 is 16.4 Å². The van der Waals surface area contributed by atoms with Gasteiger partial charge in [0.25, 0.3) is 0 Å². The molecule has 0 aromatic heterocycles. The number of rotatable bonds is 6. The molecular formula is C18H28ClN3O2. The molecule has 1 unspecified atom stereocenters. The molecule has 0 aliphatic heterocycles. The molecule has 5 nitrogen and oxygen atoms in total. The van der Waals surface area contributed by atoms with Crippen molar-refractivity contribution in [1.82, 2.24) is 10.6 Å². The molecule has 24 heavy (non-hydrogen) atoms. The van der Waals surface area contributed by atoms with E-state index in [0.717, 1.165) is 36.8 Å². The summed E-state index contributed by atoms with van der Waals surface area (Å²) < 4.78 is 0.